The van der Waals surface area contributed by atoms with Crippen LogP contribution < -0.4 is 0 Å². The zero-order valence-corrected chi connectivity index (χ0v) is 43.7. The zero-order valence-electron chi connectivity index (χ0n) is 43.7. The first-order valence-electron chi connectivity index (χ1n) is 25.6. The average molecular weight is 1050 g/mol. The van der Waals surface area contributed by atoms with E-state index in [0.29, 0.717) is 83.8 Å². The Kier molecular flexibility index (Phi) is 16.0. The second-order valence-corrected chi connectivity index (χ2v) is 17.6. The van der Waals surface area contributed by atoms with Gasteiger partial charge in [-0.3, -0.25) is 0 Å². The number of H-pyrrole nitrogens is 2. The van der Waals surface area contributed by atoms with Crippen LogP contribution in [0.2, 0.25) is 0 Å². The number of aromatic amines is 2. The van der Waals surface area contributed by atoms with Crippen molar-refractivity contribution in [2.45, 2.75) is 41.5 Å². The van der Waals surface area contributed by atoms with Crippen LogP contribution in [0.3, 0.4) is 0 Å². The van der Waals surface area contributed by atoms with E-state index in [9.17, 15) is 28.8 Å². The van der Waals surface area contributed by atoms with Crippen LogP contribution in [0.4, 0.5) is 0 Å². The molecule has 78 heavy (non-hydrogen) atoms. The number of benzene rings is 4. The van der Waals surface area contributed by atoms with Gasteiger partial charge in [0.25, 0.3) is 0 Å². The topological polar surface area (TPSA) is 215 Å². The van der Waals surface area contributed by atoms with Gasteiger partial charge in [0, 0.05) is 44.3 Å². The standard InChI is InChI=1S/C62H54N4O12/c1-7-73-57(67)39-26-36(27-40(32-39)58(68)74-8-2)54-47-20-18-45(63-47)53(35-16-14-13-15-17-35)46-19-21-48(64-46)55(37-28-41(59(69)75-9-3)33-42(29-37)60(70)76-10-4)50-23-25-52(66-50)56(51-24-22-49(54)65-51)38-30-43(61(71)77-11-5)34-44(31-38)62(72)78-12-6/h13-34,63,66H,7-12H2,1-6H3. The molecule has 2 N–H and O–H groups in total. The maximum Gasteiger partial charge on any atom is 0.338 e. The lowest BCUT2D eigenvalue weighted by atomic mass is 9.98. The predicted octanol–water partition coefficient (Wildman–Crippen LogP) is 12.4. The van der Waals surface area contributed by atoms with E-state index in [4.69, 9.17) is 38.4 Å². The molecule has 4 aromatic carbocycles. The molecule has 2 aliphatic rings. The third-order valence-electron chi connectivity index (χ3n) is 12.5. The van der Waals surface area contributed by atoms with Gasteiger partial charge < -0.3 is 38.4 Å². The van der Waals surface area contributed by atoms with Crippen LogP contribution in [0.25, 0.3) is 90.9 Å². The highest BCUT2D eigenvalue weighted by atomic mass is 16.5. The van der Waals surface area contributed by atoms with Gasteiger partial charge in [0.15, 0.2) is 0 Å². The lowest BCUT2D eigenvalue weighted by Crippen LogP contribution is -2.10. The molecule has 0 spiro atoms. The molecule has 0 atom stereocenters. The van der Waals surface area contributed by atoms with Crippen molar-refractivity contribution in [2.75, 3.05) is 39.6 Å². The Bertz CT molecular complexity index is 3600. The molecule has 0 unspecified atom stereocenters. The molecule has 2 aliphatic heterocycles. The molecule has 16 heteroatoms. The van der Waals surface area contributed by atoms with Crippen LogP contribution in [-0.2, 0) is 28.4 Å². The van der Waals surface area contributed by atoms with Gasteiger partial charge in [0.05, 0.1) is 95.8 Å². The Morgan fingerprint density at radius 2 is 0.551 bits per heavy atom. The number of ether oxygens (including phenoxy) is 6. The highest BCUT2D eigenvalue weighted by Crippen LogP contribution is 2.40. The first kappa shape index (κ1) is 53.1. The second-order valence-electron chi connectivity index (χ2n) is 17.6. The van der Waals surface area contributed by atoms with E-state index in [1.54, 1.807) is 96.2 Å². The molecule has 16 nitrogen and oxygen atoms in total. The fraction of sp³-hybridized carbons (Fsp3) is 0.194. The zero-order chi connectivity index (χ0) is 55.0. The van der Waals surface area contributed by atoms with Crippen LogP contribution in [0.1, 0.15) is 126 Å². The molecule has 0 radical (unpaired) electrons. The molecular formula is C62H54N4O12. The van der Waals surface area contributed by atoms with Crippen molar-refractivity contribution < 1.29 is 57.2 Å². The number of hydrogen-bond acceptors (Lipinski definition) is 14. The number of nitrogens with one attached hydrogen (secondary N) is 2. The Morgan fingerprint density at radius 1 is 0.321 bits per heavy atom. The first-order valence-corrected chi connectivity index (χ1v) is 25.6. The van der Waals surface area contributed by atoms with Crippen LogP contribution >= 0.6 is 0 Å². The van der Waals surface area contributed by atoms with Gasteiger partial charge in [0.1, 0.15) is 0 Å². The minimum Gasteiger partial charge on any atom is -0.462 e. The van der Waals surface area contributed by atoms with E-state index < -0.39 is 35.8 Å². The van der Waals surface area contributed by atoms with E-state index in [-0.39, 0.29) is 73.0 Å². The quantitative estimate of drug-likeness (QED) is 0.0680. The second kappa shape index (κ2) is 23.5. The van der Waals surface area contributed by atoms with E-state index >= 15 is 0 Å². The summed E-state index contributed by atoms with van der Waals surface area (Å²) in [5.74, 6) is -3.98. The third kappa shape index (κ3) is 11.0. The molecule has 3 aromatic heterocycles. The summed E-state index contributed by atoms with van der Waals surface area (Å²) in [5.41, 5.74) is 8.47. The monoisotopic (exact) mass is 1050 g/mol. The van der Waals surface area contributed by atoms with Crippen molar-refractivity contribution in [3.63, 3.8) is 0 Å². The Balaban J connectivity index is 1.49. The first-order chi connectivity index (χ1) is 37.9. The highest BCUT2D eigenvalue weighted by Gasteiger charge is 2.25. The van der Waals surface area contributed by atoms with E-state index in [1.165, 1.54) is 18.2 Å². The molecule has 0 amide bonds. The number of fused-ring (bicyclic) bond motifs is 8. The molecular weight excluding hydrogens is 993 g/mol. The summed E-state index contributed by atoms with van der Waals surface area (Å²) >= 11 is 0. The molecule has 9 rings (SSSR count). The number of aromatic nitrogens is 4. The molecule has 0 saturated heterocycles. The van der Waals surface area contributed by atoms with Crippen LogP contribution in [0.15, 0.2) is 109 Å². The maximum atomic E-state index is 13.6. The average Bonchev–Trinajstić information content (AvgIpc) is 4.34. The molecule has 394 valence electrons. The highest BCUT2D eigenvalue weighted by molar-refractivity contribution is 6.05. The van der Waals surface area contributed by atoms with Gasteiger partial charge in [-0.1, -0.05) is 30.3 Å². The summed E-state index contributed by atoms with van der Waals surface area (Å²) in [6, 6.07) is 31.1. The van der Waals surface area contributed by atoms with Gasteiger partial charge in [-0.2, -0.15) is 0 Å². The number of carbonyl (C=O) groups excluding carboxylic acids is 6. The molecule has 5 heterocycles. The maximum absolute atomic E-state index is 13.6. The van der Waals surface area contributed by atoms with Crippen molar-refractivity contribution in [3.05, 3.63) is 165 Å². The molecule has 0 aliphatic carbocycles. The largest absolute Gasteiger partial charge is 0.462 e. The SMILES string of the molecule is CCOC(=O)c1cc(C(=O)OCC)cc(-c2c3nc(c(-c4cc(C(=O)OCC)cc(C(=O)OCC)c4)c4ccc([nH]4)c(-c4cc(C(=O)OCC)cc(C(=O)OCC)c4)c4nc(c(-c5ccccc5)c5ccc2[nH]5)C=C4)C=C3)c1. The van der Waals surface area contributed by atoms with Crippen molar-refractivity contribution in [2.24, 2.45) is 0 Å². The molecule has 7 aromatic rings. The third-order valence-corrected chi connectivity index (χ3v) is 12.5. The van der Waals surface area contributed by atoms with E-state index in [0.717, 1.165) is 5.56 Å². The summed E-state index contributed by atoms with van der Waals surface area (Å²) in [4.78, 5) is 99.5. The van der Waals surface area contributed by atoms with E-state index in [1.807, 2.05) is 60.7 Å². The van der Waals surface area contributed by atoms with Crippen LogP contribution in [-0.4, -0.2) is 95.4 Å². The minimum atomic E-state index is -0.682. The number of esters is 6. The Labute approximate surface area is 448 Å². The molecule has 0 saturated carbocycles. The number of hydrogen-bond donors (Lipinski definition) is 2. The summed E-state index contributed by atoms with van der Waals surface area (Å²) in [5, 5.41) is 0. The van der Waals surface area contributed by atoms with Gasteiger partial charge in [-0.25, -0.2) is 38.7 Å². The van der Waals surface area contributed by atoms with Gasteiger partial charge in [-0.15, -0.1) is 0 Å². The minimum absolute atomic E-state index is 0.0619. The fourth-order valence-electron chi connectivity index (χ4n) is 9.33. The predicted molar refractivity (Wildman–Crippen MR) is 296 cm³/mol. The molecule has 8 bridgehead atoms. The number of carbonyl (C=O) groups is 6. The van der Waals surface area contributed by atoms with Crippen molar-refractivity contribution >= 4 is 82.2 Å². The summed E-state index contributed by atoms with van der Waals surface area (Å²) in [7, 11) is 0. The summed E-state index contributed by atoms with van der Waals surface area (Å²) in [6.07, 6.45) is 7.29. The van der Waals surface area contributed by atoms with E-state index in [2.05, 4.69) is 9.97 Å². The lowest BCUT2D eigenvalue weighted by Gasteiger charge is -2.12. The van der Waals surface area contributed by atoms with Crippen LogP contribution in [0, 0.1) is 0 Å². The van der Waals surface area contributed by atoms with Gasteiger partial charge >= 0.3 is 35.8 Å². The van der Waals surface area contributed by atoms with Gasteiger partial charge in [-0.05, 0) is 167 Å². The molecule has 0 fully saturated rings. The van der Waals surface area contributed by atoms with Crippen molar-refractivity contribution in [1.29, 1.82) is 0 Å². The van der Waals surface area contributed by atoms with Gasteiger partial charge in [0.2, 0.25) is 0 Å². The lowest BCUT2D eigenvalue weighted by molar-refractivity contribution is 0.0506. The summed E-state index contributed by atoms with van der Waals surface area (Å²) in [6.45, 7) is 10.6. The smallest absolute Gasteiger partial charge is 0.338 e. The fourth-order valence-corrected chi connectivity index (χ4v) is 9.33. The number of rotatable bonds is 16. The Morgan fingerprint density at radius 3 is 0.782 bits per heavy atom. The number of nitrogens with zero attached hydrogens (tertiary/aromatic N) is 2. The van der Waals surface area contributed by atoms with Crippen molar-refractivity contribution in [1.82, 2.24) is 19.9 Å². The van der Waals surface area contributed by atoms with Crippen molar-refractivity contribution in [3.8, 4) is 44.5 Å². The normalized spacial score (nSPS) is 11.5. The van der Waals surface area contributed by atoms with Crippen LogP contribution in [0.5, 0.6) is 0 Å². The Hall–Kier alpha value is -9.70. The summed E-state index contributed by atoms with van der Waals surface area (Å²) < 4.78 is 32.8.